The van der Waals surface area contributed by atoms with E-state index >= 15 is 0 Å². The van der Waals surface area contributed by atoms with Crippen molar-refractivity contribution >= 4 is 5.91 Å². The summed E-state index contributed by atoms with van der Waals surface area (Å²) in [6, 6.07) is 5.38. The minimum atomic E-state index is -4.34. The molecule has 0 unspecified atom stereocenters. The highest BCUT2D eigenvalue weighted by atomic mass is 19.4. The molecule has 0 bridgehead atoms. The Bertz CT molecular complexity index is 602. The number of rotatable bonds is 1. The fourth-order valence-electron chi connectivity index (χ4n) is 3.75. The Hall–Kier alpha value is -1.56. The summed E-state index contributed by atoms with van der Waals surface area (Å²) in [7, 11) is 0. The quantitative estimate of drug-likeness (QED) is 0.828. The van der Waals surface area contributed by atoms with Gasteiger partial charge in [0.15, 0.2) is 0 Å². The van der Waals surface area contributed by atoms with Gasteiger partial charge in [-0.3, -0.25) is 4.79 Å². The zero-order valence-electron chi connectivity index (χ0n) is 13.0. The third-order valence-electron chi connectivity index (χ3n) is 4.99. The van der Waals surface area contributed by atoms with Crippen molar-refractivity contribution in [1.29, 1.82) is 0 Å². The molecule has 126 valence electrons. The first-order valence-electron chi connectivity index (χ1n) is 8.02. The SMILES string of the molecule is C[C@]12C[C@@H](c3cccc(C(F)(F)F)c3)N[C@H]1CCCCC(=O)N2. The van der Waals surface area contributed by atoms with Crippen molar-refractivity contribution < 1.29 is 18.0 Å². The number of amides is 1. The topological polar surface area (TPSA) is 41.1 Å². The molecule has 2 aliphatic heterocycles. The average molecular weight is 326 g/mol. The number of hydrogen-bond donors (Lipinski definition) is 2. The highest BCUT2D eigenvalue weighted by Crippen LogP contribution is 2.39. The van der Waals surface area contributed by atoms with Gasteiger partial charge in [-0.05, 0) is 43.9 Å². The number of carbonyl (C=O) groups excluding carboxylic acids is 1. The molecule has 0 aliphatic carbocycles. The Kier molecular flexibility index (Phi) is 4.12. The molecule has 3 rings (SSSR count). The monoisotopic (exact) mass is 326 g/mol. The molecule has 2 heterocycles. The molecule has 2 aliphatic rings. The maximum atomic E-state index is 12.9. The molecule has 23 heavy (non-hydrogen) atoms. The largest absolute Gasteiger partial charge is 0.416 e. The third-order valence-corrected chi connectivity index (χ3v) is 4.99. The van der Waals surface area contributed by atoms with Gasteiger partial charge in [0.1, 0.15) is 0 Å². The van der Waals surface area contributed by atoms with Gasteiger partial charge < -0.3 is 10.6 Å². The van der Waals surface area contributed by atoms with Gasteiger partial charge in [-0.1, -0.05) is 18.6 Å². The lowest BCUT2D eigenvalue weighted by atomic mass is 9.85. The molecule has 6 heteroatoms. The van der Waals surface area contributed by atoms with Crippen LogP contribution in [0.25, 0.3) is 0 Å². The molecule has 2 N–H and O–H groups in total. The van der Waals surface area contributed by atoms with Crippen LogP contribution >= 0.6 is 0 Å². The second kappa shape index (κ2) is 5.82. The average Bonchev–Trinajstić information content (AvgIpc) is 2.77. The molecular formula is C17H21F3N2O. The zero-order valence-corrected chi connectivity index (χ0v) is 13.0. The van der Waals surface area contributed by atoms with Gasteiger partial charge in [0, 0.05) is 18.5 Å². The summed E-state index contributed by atoms with van der Waals surface area (Å²) >= 11 is 0. The van der Waals surface area contributed by atoms with Gasteiger partial charge in [-0.2, -0.15) is 13.2 Å². The maximum Gasteiger partial charge on any atom is 0.416 e. The predicted molar refractivity (Wildman–Crippen MR) is 80.7 cm³/mol. The van der Waals surface area contributed by atoms with E-state index in [-0.39, 0.29) is 18.0 Å². The summed E-state index contributed by atoms with van der Waals surface area (Å²) in [5.74, 6) is 0.0312. The third kappa shape index (κ3) is 3.37. The second-order valence-corrected chi connectivity index (χ2v) is 6.81. The van der Waals surface area contributed by atoms with Crippen molar-refractivity contribution in [2.45, 2.75) is 62.8 Å². The first kappa shape index (κ1) is 16.3. The molecule has 1 aromatic carbocycles. The first-order valence-corrected chi connectivity index (χ1v) is 8.02. The number of carbonyl (C=O) groups is 1. The van der Waals surface area contributed by atoms with Crippen LogP contribution in [0, 0.1) is 0 Å². The van der Waals surface area contributed by atoms with Crippen molar-refractivity contribution in [3.8, 4) is 0 Å². The molecule has 1 amide bonds. The van der Waals surface area contributed by atoms with Crippen LogP contribution in [-0.2, 0) is 11.0 Å². The fraction of sp³-hybridized carbons (Fsp3) is 0.588. The molecule has 3 nitrogen and oxygen atoms in total. The Morgan fingerprint density at radius 1 is 1.26 bits per heavy atom. The summed E-state index contributed by atoms with van der Waals surface area (Å²) in [4.78, 5) is 11.9. The molecule has 1 aromatic rings. The number of hydrogen-bond acceptors (Lipinski definition) is 2. The van der Waals surface area contributed by atoms with E-state index in [1.165, 1.54) is 12.1 Å². The van der Waals surface area contributed by atoms with Gasteiger partial charge in [-0.25, -0.2) is 0 Å². The van der Waals surface area contributed by atoms with Crippen LogP contribution in [0.1, 0.15) is 56.2 Å². The van der Waals surface area contributed by atoms with Crippen LogP contribution in [0.2, 0.25) is 0 Å². The Morgan fingerprint density at radius 2 is 2.04 bits per heavy atom. The van der Waals surface area contributed by atoms with Crippen LogP contribution in [-0.4, -0.2) is 17.5 Å². The van der Waals surface area contributed by atoms with Crippen LogP contribution in [0.3, 0.4) is 0 Å². The lowest BCUT2D eigenvalue weighted by molar-refractivity contribution is -0.137. The van der Waals surface area contributed by atoms with Crippen molar-refractivity contribution in [3.05, 3.63) is 35.4 Å². The van der Waals surface area contributed by atoms with Crippen molar-refractivity contribution in [1.82, 2.24) is 10.6 Å². The van der Waals surface area contributed by atoms with E-state index in [2.05, 4.69) is 10.6 Å². The van der Waals surface area contributed by atoms with E-state index in [1.807, 2.05) is 6.92 Å². The molecule has 2 saturated heterocycles. The molecule has 2 fully saturated rings. The molecule has 0 radical (unpaired) electrons. The smallest absolute Gasteiger partial charge is 0.349 e. The van der Waals surface area contributed by atoms with E-state index in [9.17, 15) is 18.0 Å². The van der Waals surface area contributed by atoms with E-state index in [0.717, 1.165) is 25.3 Å². The predicted octanol–water partition coefficient (Wildman–Crippen LogP) is 3.56. The first-order chi connectivity index (χ1) is 10.8. The number of benzene rings is 1. The Balaban J connectivity index is 1.84. The standard InChI is InChI=1S/C17H21F3N2O/c1-16-10-13(11-5-4-6-12(9-11)17(18,19)20)21-14(16)7-2-3-8-15(23)22-16/h4-6,9,13-14,21H,2-3,7-8,10H2,1H3,(H,22,23)/t13-,14-,16-/m0/s1. The maximum absolute atomic E-state index is 12.9. The molecule has 0 aromatic heterocycles. The van der Waals surface area contributed by atoms with E-state index in [1.54, 1.807) is 6.07 Å². The van der Waals surface area contributed by atoms with Gasteiger partial charge in [0.25, 0.3) is 0 Å². The van der Waals surface area contributed by atoms with Crippen molar-refractivity contribution in [2.75, 3.05) is 0 Å². The fourth-order valence-corrected chi connectivity index (χ4v) is 3.75. The summed E-state index contributed by atoms with van der Waals surface area (Å²) in [5, 5.41) is 6.51. The Labute approximate surface area is 133 Å². The molecular weight excluding hydrogens is 305 g/mol. The minimum Gasteiger partial charge on any atom is -0.349 e. The van der Waals surface area contributed by atoms with Crippen molar-refractivity contribution in [2.24, 2.45) is 0 Å². The minimum absolute atomic E-state index is 0.0312. The van der Waals surface area contributed by atoms with Crippen molar-refractivity contribution in [3.63, 3.8) is 0 Å². The zero-order chi connectivity index (χ0) is 16.7. The lowest BCUT2D eigenvalue weighted by Crippen LogP contribution is -2.54. The van der Waals surface area contributed by atoms with Gasteiger partial charge >= 0.3 is 6.18 Å². The number of alkyl halides is 3. The molecule has 0 spiro atoms. The molecule has 0 saturated carbocycles. The normalized spacial score (nSPS) is 31.9. The highest BCUT2D eigenvalue weighted by Gasteiger charge is 2.45. The number of nitrogens with one attached hydrogen (secondary N) is 2. The second-order valence-electron chi connectivity index (χ2n) is 6.81. The highest BCUT2D eigenvalue weighted by molar-refractivity contribution is 5.77. The lowest BCUT2D eigenvalue weighted by Gasteiger charge is -2.34. The van der Waals surface area contributed by atoms with Gasteiger partial charge in [0.05, 0.1) is 11.1 Å². The number of halogens is 3. The van der Waals surface area contributed by atoms with Crippen LogP contribution in [0.5, 0.6) is 0 Å². The van der Waals surface area contributed by atoms with E-state index < -0.39 is 17.3 Å². The van der Waals surface area contributed by atoms with Crippen LogP contribution in [0.15, 0.2) is 24.3 Å². The summed E-state index contributed by atoms with van der Waals surface area (Å²) < 4.78 is 38.7. The van der Waals surface area contributed by atoms with Crippen LogP contribution in [0.4, 0.5) is 13.2 Å². The molecule has 3 atom stereocenters. The summed E-state index contributed by atoms with van der Waals surface area (Å²) in [5.41, 5.74) is -0.409. The number of fused-ring (bicyclic) bond motifs is 1. The Morgan fingerprint density at radius 3 is 2.78 bits per heavy atom. The van der Waals surface area contributed by atoms with Gasteiger partial charge in [-0.15, -0.1) is 0 Å². The van der Waals surface area contributed by atoms with E-state index in [0.29, 0.717) is 18.4 Å². The van der Waals surface area contributed by atoms with Gasteiger partial charge in [0.2, 0.25) is 5.91 Å². The van der Waals surface area contributed by atoms with E-state index in [4.69, 9.17) is 0 Å². The summed E-state index contributed by atoms with van der Waals surface area (Å²) in [6.45, 7) is 1.99. The van der Waals surface area contributed by atoms with Crippen LogP contribution < -0.4 is 10.6 Å². The summed E-state index contributed by atoms with van der Waals surface area (Å²) in [6.07, 6.45) is -0.480.